The minimum Gasteiger partial charge on any atom is -0.475 e. The Morgan fingerprint density at radius 2 is 1.85 bits per heavy atom. The first-order valence-corrected chi connectivity index (χ1v) is 9.30. The zero-order valence-corrected chi connectivity index (χ0v) is 15.0. The van der Waals surface area contributed by atoms with Gasteiger partial charge in [-0.3, -0.25) is 9.63 Å². The quantitative estimate of drug-likeness (QED) is 0.779. The molecule has 0 unspecified atom stereocenters. The maximum atomic E-state index is 12.6. The topological polar surface area (TPSA) is 79.3 Å². The van der Waals surface area contributed by atoms with Gasteiger partial charge in [-0.15, -0.1) is 0 Å². The lowest BCUT2D eigenvalue weighted by atomic mass is 9.82. The Morgan fingerprint density at radius 3 is 2.41 bits per heavy atom. The lowest BCUT2D eigenvalue weighted by molar-refractivity contribution is -0.192. The van der Waals surface area contributed by atoms with Gasteiger partial charge in [0.1, 0.15) is 0 Å². The molecule has 1 N–H and O–H groups in total. The van der Waals surface area contributed by atoms with Crippen LogP contribution in [0.1, 0.15) is 19.3 Å². The molecule has 3 heterocycles. The number of nitrogens with zero attached hydrogens (tertiary/aromatic N) is 2. The van der Waals surface area contributed by atoms with Crippen molar-refractivity contribution in [2.24, 2.45) is 23.7 Å². The lowest BCUT2D eigenvalue weighted by Crippen LogP contribution is -2.45. The first kappa shape index (κ1) is 20.3. The highest BCUT2D eigenvalue weighted by Gasteiger charge is 2.46. The van der Waals surface area contributed by atoms with Gasteiger partial charge in [-0.1, -0.05) is 0 Å². The molecule has 154 valence electrons. The zero-order chi connectivity index (χ0) is 19.6. The molecule has 4 aliphatic rings. The molecule has 3 aliphatic heterocycles. The number of carboxylic acids is 1. The van der Waals surface area contributed by atoms with Crippen LogP contribution >= 0.6 is 0 Å². The summed E-state index contributed by atoms with van der Waals surface area (Å²) in [7, 11) is 0. The first-order valence-electron chi connectivity index (χ1n) is 9.30. The molecule has 3 saturated heterocycles. The highest BCUT2D eigenvalue weighted by Crippen LogP contribution is 2.38. The van der Waals surface area contributed by atoms with Gasteiger partial charge in [0.15, 0.2) is 0 Å². The fourth-order valence-electron chi connectivity index (χ4n) is 3.97. The second kappa shape index (κ2) is 8.32. The number of likely N-dealkylation sites (tertiary alicyclic amines) is 1. The molecule has 0 bridgehead atoms. The smallest absolute Gasteiger partial charge is 0.475 e. The molecule has 7 nitrogen and oxygen atoms in total. The van der Waals surface area contributed by atoms with E-state index in [-0.39, 0.29) is 11.8 Å². The molecule has 1 saturated carbocycles. The zero-order valence-electron chi connectivity index (χ0n) is 15.0. The minimum absolute atomic E-state index is 0.0102. The molecule has 4 fully saturated rings. The number of hydrogen-bond donors (Lipinski definition) is 1. The van der Waals surface area contributed by atoms with Crippen molar-refractivity contribution in [3.05, 3.63) is 0 Å². The standard InChI is InChI=1S/C15H24N2O3.C2HF3O2/c18-15(17-4-1-5-20-17)14-10-19-9-12-7-16(8-13(12)14)6-11-2-3-11;3-2(4,5)1(6)7/h11-14H,1-10H2;(H,6,7)/t12-,13-,14-;/m1./s1. The van der Waals surface area contributed by atoms with E-state index in [0.717, 1.165) is 38.6 Å². The maximum absolute atomic E-state index is 12.6. The van der Waals surface area contributed by atoms with Crippen LogP contribution in [-0.4, -0.2) is 79.1 Å². The van der Waals surface area contributed by atoms with E-state index in [1.54, 1.807) is 5.06 Å². The number of carbonyl (C=O) groups is 2. The van der Waals surface area contributed by atoms with Gasteiger partial charge in [-0.25, -0.2) is 9.86 Å². The van der Waals surface area contributed by atoms with Crippen molar-refractivity contribution >= 4 is 11.9 Å². The third kappa shape index (κ3) is 5.32. The number of rotatable bonds is 3. The molecule has 0 radical (unpaired) electrons. The van der Waals surface area contributed by atoms with Crippen molar-refractivity contribution < 1.29 is 37.4 Å². The van der Waals surface area contributed by atoms with E-state index in [0.29, 0.717) is 25.0 Å². The number of carbonyl (C=O) groups excluding carboxylic acids is 1. The van der Waals surface area contributed by atoms with Crippen LogP contribution < -0.4 is 0 Å². The number of hydrogen-bond acceptors (Lipinski definition) is 5. The SMILES string of the molecule is O=C(O)C(F)(F)F.O=C([C@@H]1COC[C@H]2CN(CC3CC3)C[C@H]21)N1CCCO1. The Bertz CT molecular complexity index is 549. The van der Waals surface area contributed by atoms with E-state index in [1.165, 1.54) is 19.4 Å². The minimum atomic E-state index is -5.08. The van der Waals surface area contributed by atoms with Crippen LogP contribution in [0.2, 0.25) is 0 Å². The second-order valence-corrected chi connectivity index (χ2v) is 7.66. The third-order valence-corrected chi connectivity index (χ3v) is 5.48. The summed E-state index contributed by atoms with van der Waals surface area (Å²) in [6.45, 7) is 6.27. The average Bonchev–Trinajstić information content (AvgIpc) is 3.10. The first-order chi connectivity index (χ1) is 12.8. The third-order valence-electron chi connectivity index (χ3n) is 5.48. The highest BCUT2D eigenvalue weighted by atomic mass is 19.4. The highest BCUT2D eigenvalue weighted by molar-refractivity contribution is 5.78. The summed E-state index contributed by atoms with van der Waals surface area (Å²) < 4.78 is 37.5. The van der Waals surface area contributed by atoms with Crippen molar-refractivity contribution in [3.63, 3.8) is 0 Å². The Hall–Kier alpha value is -1.39. The number of alkyl halides is 3. The predicted octanol–water partition coefficient (Wildman–Crippen LogP) is 1.39. The van der Waals surface area contributed by atoms with Crippen molar-refractivity contribution in [1.29, 1.82) is 0 Å². The summed E-state index contributed by atoms with van der Waals surface area (Å²) in [5.41, 5.74) is 0. The fourth-order valence-corrected chi connectivity index (χ4v) is 3.97. The Balaban J connectivity index is 0.000000260. The van der Waals surface area contributed by atoms with Crippen molar-refractivity contribution in [1.82, 2.24) is 9.96 Å². The summed E-state index contributed by atoms with van der Waals surface area (Å²) in [4.78, 5) is 29.5. The number of aliphatic carboxylic acids is 1. The molecule has 4 rings (SSSR count). The summed E-state index contributed by atoms with van der Waals surface area (Å²) >= 11 is 0. The molecule has 1 amide bonds. The summed E-state index contributed by atoms with van der Waals surface area (Å²) in [6, 6.07) is 0. The van der Waals surface area contributed by atoms with E-state index in [1.807, 2.05) is 0 Å². The summed E-state index contributed by atoms with van der Waals surface area (Å²) in [6.07, 6.45) is -1.33. The maximum Gasteiger partial charge on any atom is 0.490 e. The van der Waals surface area contributed by atoms with Gasteiger partial charge >= 0.3 is 12.1 Å². The fraction of sp³-hybridized carbons (Fsp3) is 0.882. The van der Waals surface area contributed by atoms with Crippen LogP contribution in [0.4, 0.5) is 13.2 Å². The molecule has 0 aromatic rings. The molecule has 27 heavy (non-hydrogen) atoms. The number of carboxylic acid groups (broad SMARTS) is 1. The average molecular weight is 394 g/mol. The van der Waals surface area contributed by atoms with Crippen LogP contribution in [0.15, 0.2) is 0 Å². The molecule has 0 aromatic heterocycles. The Labute approximate surface area is 155 Å². The normalized spacial score (nSPS) is 31.2. The number of fused-ring (bicyclic) bond motifs is 1. The van der Waals surface area contributed by atoms with Crippen LogP contribution in [0.25, 0.3) is 0 Å². The van der Waals surface area contributed by atoms with Gasteiger partial charge in [-0.2, -0.15) is 13.2 Å². The van der Waals surface area contributed by atoms with E-state index >= 15 is 0 Å². The molecule has 0 spiro atoms. The largest absolute Gasteiger partial charge is 0.490 e. The van der Waals surface area contributed by atoms with Crippen molar-refractivity contribution in [2.45, 2.75) is 25.4 Å². The monoisotopic (exact) mass is 394 g/mol. The Kier molecular flexibility index (Phi) is 6.27. The molecule has 10 heteroatoms. The van der Waals surface area contributed by atoms with Crippen LogP contribution in [0.3, 0.4) is 0 Å². The van der Waals surface area contributed by atoms with Crippen LogP contribution in [-0.2, 0) is 19.2 Å². The van der Waals surface area contributed by atoms with Crippen molar-refractivity contribution in [3.8, 4) is 0 Å². The van der Waals surface area contributed by atoms with Gasteiger partial charge in [0.05, 0.1) is 32.3 Å². The molecular weight excluding hydrogens is 369 g/mol. The number of amides is 1. The van der Waals surface area contributed by atoms with E-state index < -0.39 is 12.1 Å². The molecule has 1 aliphatic carbocycles. The van der Waals surface area contributed by atoms with Crippen LogP contribution in [0, 0.1) is 23.7 Å². The van der Waals surface area contributed by atoms with E-state index in [9.17, 15) is 18.0 Å². The molecule has 3 atom stereocenters. The van der Waals surface area contributed by atoms with Gasteiger partial charge in [0, 0.05) is 19.6 Å². The number of halogens is 3. The lowest BCUT2D eigenvalue weighted by Gasteiger charge is -2.33. The number of ether oxygens (including phenoxy) is 1. The summed E-state index contributed by atoms with van der Waals surface area (Å²) in [5.74, 6) is -0.653. The summed E-state index contributed by atoms with van der Waals surface area (Å²) in [5, 5.41) is 8.71. The van der Waals surface area contributed by atoms with E-state index in [2.05, 4.69) is 4.90 Å². The Morgan fingerprint density at radius 1 is 1.15 bits per heavy atom. The van der Waals surface area contributed by atoms with Gasteiger partial charge in [0.25, 0.3) is 5.91 Å². The van der Waals surface area contributed by atoms with Gasteiger partial charge in [-0.05, 0) is 37.0 Å². The molecule has 0 aromatic carbocycles. The van der Waals surface area contributed by atoms with Crippen LogP contribution in [0.5, 0.6) is 0 Å². The van der Waals surface area contributed by atoms with Gasteiger partial charge in [0.2, 0.25) is 0 Å². The van der Waals surface area contributed by atoms with E-state index in [4.69, 9.17) is 19.5 Å². The number of hydroxylamine groups is 2. The molecular formula is C17H25F3N2O5. The van der Waals surface area contributed by atoms with Gasteiger partial charge < -0.3 is 14.7 Å². The van der Waals surface area contributed by atoms with Crippen molar-refractivity contribution in [2.75, 3.05) is 46.0 Å². The second-order valence-electron chi connectivity index (χ2n) is 7.66. The predicted molar refractivity (Wildman–Crippen MR) is 86.4 cm³/mol.